The predicted molar refractivity (Wildman–Crippen MR) is 96.7 cm³/mol. The fourth-order valence-corrected chi connectivity index (χ4v) is 3.13. The van der Waals surface area contributed by atoms with E-state index in [9.17, 15) is 22.8 Å². The Balaban J connectivity index is 1.76. The molecule has 2 amide bonds. The molecule has 1 aliphatic heterocycles. The lowest BCUT2D eigenvalue weighted by atomic mass is 10.1. The van der Waals surface area contributed by atoms with E-state index in [0.29, 0.717) is 10.7 Å². The number of anilines is 2. The molecule has 0 spiro atoms. The first kappa shape index (κ1) is 19.2. The van der Waals surface area contributed by atoms with Gasteiger partial charge in [0.1, 0.15) is 0 Å². The Morgan fingerprint density at radius 2 is 1.93 bits per heavy atom. The number of carbonyl (C=O) groups is 2. The summed E-state index contributed by atoms with van der Waals surface area (Å²) in [5, 5.41) is 2.80. The van der Waals surface area contributed by atoms with Crippen molar-refractivity contribution in [2.45, 2.75) is 19.5 Å². The number of alkyl halides is 3. The van der Waals surface area contributed by atoms with Crippen LogP contribution in [-0.2, 0) is 15.8 Å². The molecule has 2 aromatic rings. The number of benzene rings is 2. The van der Waals surface area contributed by atoms with E-state index in [-0.39, 0.29) is 24.6 Å². The number of para-hydroxylation sites is 1. The number of hydrogen-bond acceptors (Lipinski definition) is 2. The first-order valence-electron chi connectivity index (χ1n) is 8.20. The Hall–Kier alpha value is -2.54. The quantitative estimate of drug-likeness (QED) is 0.820. The third kappa shape index (κ3) is 4.08. The topological polar surface area (TPSA) is 49.4 Å². The number of amides is 2. The third-order valence-corrected chi connectivity index (χ3v) is 4.86. The molecule has 0 aliphatic carbocycles. The summed E-state index contributed by atoms with van der Waals surface area (Å²) in [4.78, 5) is 26.2. The van der Waals surface area contributed by atoms with Crippen molar-refractivity contribution in [2.24, 2.45) is 5.92 Å². The molecule has 0 bridgehead atoms. The lowest BCUT2D eigenvalue weighted by molar-refractivity contribution is -0.137. The van der Waals surface area contributed by atoms with Gasteiger partial charge in [-0.1, -0.05) is 29.8 Å². The fourth-order valence-electron chi connectivity index (χ4n) is 2.96. The van der Waals surface area contributed by atoms with Crippen molar-refractivity contribution >= 4 is 34.8 Å². The molecule has 1 aliphatic rings. The Labute approximate surface area is 158 Å². The van der Waals surface area contributed by atoms with Gasteiger partial charge in [0.2, 0.25) is 11.8 Å². The van der Waals surface area contributed by atoms with Crippen LogP contribution in [0.15, 0.2) is 42.5 Å². The lowest BCUT2D eigenvalue weighted by Gasteiger charge is -2.18. The smallest absolute Gasteiger partial charge is 0.325 e. The van der Waals surface area contributed by atoms with Gasteiger partial charge in [0.15, 0.2) is 0 Å². The predicted octanol–water partition coefficient (Wildman–Crippen LogP) is 4.66. The summed E-state index contributed by atoms with van der Waals surface area (Å²) in [6, 6.07) is 9.86. The van der Waals surface area contributed by atoms with E-state index in [0.717, 1.165) is 11.6 Å². The van der Waals surface area contributed by atoms with Gasteiger partial charge < -0.3 is 10.2 Å². The van der Waals surface area contributed by atoms with Gasteiger partial charge in [-0.3, -0.25) is 9.59 Å². The Kier molecular flexibility index (Phi) is 5.15. The van der Waals surface area contributed by atoms with Crippen molar-refractivity contribution in [3.8, 4) is 0 Å². The van der Waals surface area contributed by atoms with E-state index >= 15 is 0 Å². The van der Waals surface area contributed by atoms with Gasteiger partial charge in [0.05, 0.1) is 17.2 Å². The molecule has 4 nitrogen and oxygen atoms in total. The molecule has 1 heterocycles. The van der Waals surface area contributed by atoms with Crippen molar-refractivity contribution in [1.29, 1.82) is 0 Å². The third-order valence-electron chi connectivity index (χ3n) is 4.45. The highest BCUT2D eigenvalue weighted by molar-refractivity contribution is 6.31. The number of nitrogens with zero attached hydrogens (tertiary/aromatic N) is 1. The largest absolute Gasteiger partial charge is 0.418 e. The van der Waals surface area contributed by atoms with E-state index in [1.165, 1.54) is 23.1 Å². The Morgan fingerprint density at radius 1 is 1.22 bits per heavy atom. The molecule has 3 rings (SSSR count). The number of nitrogens with one attached hydrogen (secondary N) is 1. The summed E-state index contributed by atoms with van der Waals surface area (Å²) < 4.78 is 39.2. The van der Waals surface area contributed by atoms with Crippen molar-refractivity contribution in [2.75, 3.05) is 16.8 Å². The molecule has 0 aromatic heterocycles. The van der Waals surface area contributed by atoms with Crippen LogP contribution in [0.2, 0.25) is 5.02 Å². The zero-order valence-electron chi connectivity index (χ0n) is 14.3. The van der Waals surface area contributed by atoms with Crippen LogP contribution in [0.3, 0.4) is 0 Å². The Bertz CT molecular complexity index is 899. The van der Waals surface area contributed by atoms with Gasteiger partial charge in [-0.2, -0.15) is 13.2 Å². The second-order valence-electron chi connectivity index (χ2n) is 6.37. The summed E-state index contributed by atoms with van der Waals surface area (Å²) >= 11 is 6.08. The molecule has 2 aromatic carbocycles. The van der Waals surface area contributed by atoms with Crippen LogP contribution in [-0.4, -0.2) is 18.4 Å². The molecule has 1 saturated heterocycles. The van der Waals surface area contributed by atoms with Crippen LogP contribution >= 0.6 is 11.6 Å². The van der Waals surface area contributed by atoms with Crippen LogP contribution in [0, 0.1) is 12.8 Å². The molecule has 0 saturated carbocycles. The first-order valence-corrected chi connectivity index (χ1v) is 8.58. The number of hydrogen-bond donors (Lipinski definition) is 1. The van der Waals surface area contributed by atoms with Crippen molar-refractivity contribution < 1.29 is 22.8 Å². The Morgan fingerprint density at radius 3 is 2.59 bits per heavy atom. The van der Waals surface area contributed by atoms with Crippen LogP contribution in [0.5, 0.6) is 0 Å². The van der Waals surface area contributed by atoms with Gasteiger partial charge in [-0.15, -0.1) is 0 Å². The van der Waals surface area contributed by atoms with Crippen LogP contribution in [0.1, 0.15) is 17.5 Å². The van der Waals surface area contributed by atoms with E-state index in [1.807, 2.05) is 6.92 Å². The lowest BCUT2D eigenvalue weighted by Crippen LogP contribution is -2.28. The van der Waals surface area contributed by atoms with Crippen molar-refractivity contribution in [3.63, 3.8) is 0 Å². The van der Waals surface area contributed by atoms with E-state index in [2.05, 4.69) is 5.32 Å². The highest BCUT2D eigenvalue weighted by Gasteiger charge is 2.37. The molecular weight excluding hydrogens is 381 g/mol. The zero-order chi connectivity index (χ0) is 19.8. The zero-order valence-corrected chi connectivity index (χ0v) is 15.1. The van der Waals surface area contributed by atoms with Gasteiger partial charge in [-0.25, -0.2) is 0 Å². The molecular formula is C19H16ClF3N2O2. The SMILES string of the molecule is Cc1ccc(N2CC(C(=O)Nc3ccccc3C(F)(F)F)CC2=O)cc1Cl. The first-order chi connectivity index (χ1) is 12.7. The summed E-state index contributed by atoms with van der Waals surface area (Å²) in [6.07, 6.45) is -4.66. The number of halogens is 4. The van der Waals surface area contributed by atoms with E-state index in [4.69, 9.17) is 11.6 Å². The summed E-state index contributed by atoms with van der Waals surface area (Å²) in [5.74, 6) is -1.65. The molecule has 1 N–H and O–H groups in total. The summed E-state index contributed by atoms with van der Waals surface area (Å²) in [7, 11) is 0. The monoisotopic (exact) mass is 396 g/mol. The van der Waals surface area contributed by atoms with Crippen molar-refractivity contribution in [3.05, 3.63) is 58.6 Å². The summed E-state index contributed by atoms with van der Waals surface area (Å²) in [6.45, 7) is 1.91. The average molecular weight is 397 g/mol. The molecule has 0 radical (unpaired) electrons. The molecule has 1 atom stereocenters. The van der Waals surface area contributed by atoms with Crippen molar-refractivity contribution in [1.82, 2.24) is 0 Å². The van der Waals surface area contributed by atoms with Crippen LogP contribution in [0.25, 0.3) is 0 Å². The maximum absolute atomic E-state index is 13.1. The van der Waals surface area contributed by atoms with Gasteiger partial charge in [0, 0.05) is 23.7 Å². The second-order valence-corrected chi connectivity index (χ2v) is 6.78. The fraction of sp³-hybridized carbons (Fsp3) is 0.263. The highest BCUT2D eigenvalue weighted by atomic mass is 35.5. The molecule has 1 fully saturated rings. The minimum atomic E-state index is -4.58. The molecule has 142 valence electrons. The maximum atomic E-state index is 13.1. The minimum Gasteiger partial charge on any atom is -0.325 e. The molecule has 1 unspecified atom stereocenters. The number of rotatable bonds is 3. The number of aryl methyl sites for hydroxylation is 1. The van der Waals surface area contributed by atoms with Crippen LogP contribution < -0.4 is 10.2 Å². The average Bonchev–Trinajstić information content (AvgIpc) is 2.99. The van der Waals surface area contributed by atoms with Gasteiger partial charge in [-0.05, 0) is 36.8 Å². The van der Waals surface area contributed by atoms with E-state index in [1.54, 1.807) is 18.2 Å². The molecule has 27 heavy (non-hydrogen) atoms. The normalized spacial score (nSPS) is 17.3. The van der Waals surface area contributed by atoms with E-state index < -0.39 is 23.6 Å². The standard InChI is InChI=1S/C19H16ClF3N2O2/c1-11-6-7-13(9-15(11)20)25-10-12(8-17(25)26)18(27)24-16-5-3-2-4-14(16)19(21,22)23/h2-7,9,12H,8,10H2,1H3,(H,24,27). The maximum Gasteiger partial charge on any atom is 0.418 e. The van der Waals surface area contributed by atoms with Gasteiger partial charge in [0.25, 0.3) is 0 Å². The number of carbonyl (C=O) groups excluding carboxylic acids is 2. The van der Waals surface area contributed by atoms with Gasteiger partial charge >= 0.3 is 6.18 Å². The second kappa shape index (κ2) is 7.23. The summed E-state index contributed by atoms with van der Waals surface area (Å²) in [5.41, 5.74) is 0.163. The molecule has 8 heteroatoms. The van der Waals surface area contributed by atoms with Crippen LogP contribution in [0.4, 0.5) is 24.5 Å². The highest BCUT2D eigenvalue weighted by Crippen LogP contribution is 2.35. The minimum absolute atomic E-state index is 0.0779.